The summed E-state index contributed by atoms with van der Waals surface area (Å²) in [7, 11) is 1.86. The summed E-state index contributed by atoms with van der Waals surface area (Å²) >= 11 is 0. The highest BCUT2D eigenvalue weighted by Crippen LogP contribution is 2.23. The van der Waals surface area contributed by atoms with E-state index in [1.54, 1.807) is 23.0 Å². The van der Waals surface area contributed by atoms with Gasteiger partial charge in [-0.05, 0) is 44.0 Å². The largest absolute Gasteiger partial charge is 0.340 e. The molecule has 0 unspecified atom stereocenters. The molecule has 3 aromatic rings. The lowest BCUT2D eigenvalue weighted by molar-refractivity contribution is -0.125. The summed E-state index contributed by atoms with van der Waals surface area (Å²) in [6, 6.07) is 7.14. The van der Waals surface area contributed by atoms with Crippen molar-refractivity contribution in [1.29, 1.82) is 0 Å². The first-order valence-corrected chi connectivity index (χ1v) is 8.96. The molecule has 2 aromatic heterocycles. The van der Waals surface area contributed by atoms with Gasteiger partial charge in [-0.3, -0.25) is 9.48 Å². The van der Waals surface area contributed by atoms with E-state index in [2.05, 4.69) is 15.4 Å². The van der Waals surface area contributed by atoms with Gasteiger partial charge in [0.15, 0.2) is 0 Å². The van der Waals surface area contributed by atoms with Crippen LogP contribution in [0.3, 0.4) is 0 Å². The van der Waals surface area contributed by atoms with Gasteiger partial charge in [0.05, 0.1) is 5.69 Å². The van der Waals surface area contributed by atoms with Crippen molar-refractivity contribution >= 4 is 5.91 Å². The van der Waals surface area contributed by atoms with Crippen molar-refractivity contribution in [3.63, 3.8) is 0 Å². The van der Waals surface area contributed by atoms with Gasteiger partial charge in [0.2, 0.25) is 5.91 Å². The van der Waals surface area contributed by atoms with Crippen molar-refractivity contribution in [2.75, 3.05) is 0 Å². The van der Waals surface area contributed by atoms with E-state index in [1.165, 1.54) is 12.1 Å². The second-order valence-corrected chi connectivity index (χ2v) is 6.69. The molecule has 0 aliphatic rings. The number of carbonyl (C=O) groups excluding carboxylic acids is 1. The topological polar surface area (TPSA) is 64.7 Å². The van der Waals surface area contributed by atoms with E-state index in [9.17, 15) is 9.18 Å². The highest BCUT2D eigenvalue weighted by molar-refractivity contribution is 5.81. The molecule has 0 bridgehead atoms. The molecule has 1 N–H and O–H groups in total. The molecule has 142 valence electrons. The molecule has 1 aromatic carbocycles. The summed E-state index contributed by atoms with van der Waals surface area (Å²) in [6.45, 7) is 5.80. The molecule has 1 amide bonds. The average molecular weight is 369 g/mol. The Kier molecular flexibility index (Phi) is 5.39. The molecular formula is C20H24FN5O. The van der Waals surface area contributed by atoms with E-state index < -0.39 is 12.1 Å². The molecule has 0 aliphatic carbocycles. The monoisotopic (exact) mass is 369 g/mol. The number of nitrogens with one attached hydrogen (secondary N) is 1. The van der Waals surface area contributed by atoms with Crippen LogP contribution >= 0.6 is 0 Å². The van der Waals surface area contributed by atoms with Crippen LogP contribution < -0.4 is 5.32 Å². The number of imidazole rings is 1. The Hall–Kier alpha value is -2.96. The second-order valence-electron chi connectivity index (χ2n) is 6.69. The fraction of sp³-hybridized carbons (Fsp3) is 0.350. The van der Waals surface area contributed by atoms with Gasteiger partial charge in [-0.1, -0.05) is 19.1 Å². The van der Waals surface area contributed by atoms with E-state index in [1.807, 2.05) is 44.6 Å². The average Bonchev–Trinajstić information content (AvgIpc) is 3.19. The molecule has 27 heavy (non-hydrogen) atoms. The molecule has 0 saturated heterocycles. The molecule has 2 atom stereocenters. The maximum Gasteiger partial charge on any atom is 0.245 e. The van der Waals surface area contributed by atoms with Crippen molar-refractivity contribution in [3.05, 3.63) is 71.3 Å². The van der Waals surface area contributed by atoms with Gasteiger partial charge in [0, 0.05) is 25.1 Å². The molecule has 0 fully saturated rings. The van der Waals surface area contributed by atoms with E-state index >= 15 is 0 Å². The quantitative estimate of drug-likeness (QED) is 0.725. The minimum Gasteiger partial charge on any atom is -0.340 e. The number of hydrogen-bond acceptors (Lipinski definition) is 3. The smallest absolute Gasteiger partial charge is 0.245 e. The van der Waals surface area contributed by atoms with Gasteiger partial charge in [-0.15, -0.1) is 0 Å². The number of hydrogen-bond donors (Lipinski definition) is 1. The first kappa shape index (κ1) is 18.8. The highest BCUT2D eigenvalue weighted by Gasteiger charge is 2.27. The van der Waals surface area contributed by atoms with Crippen molar-refractivity contribution < 1.29 is 9.18 Å². The Balaban J connectivity index is 1.93. The Morgan fingerprint density at radius 2 is 1.96 bits per heavy atom. The summed E-state index contributed by atoms with van der Waals surface area (Å²) < 4.78 is 17.0. The van der Waals surface area contributed by atoms with Gasteiger partial charge in [-0.25, -0.2) is 9.37 Å². The lowest BCUT2D eigenvalue weighted by Gasteiger charge is -2.23. The summed E-state index contributed by atoms with van der Waals surface area (Å²) in [5.41, 5.74) is 2.57. The van der Waals surface area contributed by atoms with E-state index in [4.69, 9.17) is 0 Å². The predicted octanol–water partition coefficient (Wildman–Crippen LogP) is 3.23. The number of benzene rings is 1. The molecule has 0 saturated carbocycles. The number of aromatic nitrogens is 4. The third-order valence-electron chi connectivity index (χ3n) is 4.64. The molecule has 0 aliphatic heterocycles. The van der Waals surface area contributed by atoms with Crippen LogP contribution in [0.4, 0.5) is 4.39 Å². The van der Waals surface area contributed by atoms with Crippen LogP contribution in [0.2, 0.25) is 0 Å². The summed E-state index contributed by atoms with van der Waals surface area (Å²) in [5.74, 6) is 0.206. The van der Waals surface area contributed by atoms with Gasteiger partial charge < -0.3 is 9.88 Å². The van der Waals surface area contributed by atoms with Gasteiger partial charge in [0.25, 0.3) is 0 Å². The number of carbonyl (C=O) groups is 1. The third-order valence-corrected chi connectivity index (χ3v) is 4.64. The Bertz CT molecular complexity index is 928. The lowest BCUT2D eigenvalue weighted by Crippen LogP contribution is -2.37. The number of amides is 1. The van der Waals surface area contributed by atoms with Crippen LogP contribution in [0.25, 0.3) is 0 Å². The zero-order valence-corrected chi connectivity index (χ0v) is 16.0. The van der Waals surface area contributed by atoms with E-state index in [0.717, 1.165) is 17.0 Å². The Labute approximate surface area is 158 Å². The van der Waals surface area contributed by atoms with Crippen LogP contribution in [0.1, 0.15) is 48.2 Å². The molecule has 0 radical (unpaired) electrons. The van der Waals surface area contributed by atoms with E-state index in [0.29, 0.717) is 12.2 Å². The molecular weight excluding hydrogens is 345 g/mol. The fourth-order valence-corrected chi connectivity index (χ4v) is 3.28. The van der Waals surface area contributed by atoms with Crippen LogP contribution in [-0.4, -0.2) is 25.2 Å². The van der Waals surface area contributed by atoms with Crippen LogP contribution in [0.15, 0.2) is 42.7 Å². The summed E-state index contributed by atoms with van der Waals surface area (Å²) in [6.07, 6.45) is 4.09. The maximum absolute atomic E-state index is 13.4. The molecule has 2 heterocycles. The molecule has 3 rings (SSSR count). The Morgan fingerprint density at radius 3 is 2.48 bits per heavy atom. The summed E-state index contributed by atoms with van der Waals surface area (Å²) in [5, 5.41) is 7.54. The predicted molar refractivity (Wildman–Crippen MR) is 101 cm³/mol. The van der Waals surface area contributed by atoms with Crippen molar-refractivity contribution in [2.24, 2.45) is 7.05 Å². The van der Waals surface area contributed by atoms with Crippen molar-refractivity contribution in [2.45, 2.75) is 39.3 Å². The number of rotatable bonds is 6. The number of aryl methyl sites for hydroxylation is 3. The first-order valence-electron chi connectivity index (χ1n) is 8.96. The first-order chi connectivity index (χ1) is 12.9. The van der Waals surface area contributed by atoms with Crippen molar-refractivity contribution in [3.8, 4) is 0 Å². The standard InChI is InChI=1S/C20H24FN5O/c1-5-17(26-14(3)12-13(2)24-26)20(27)23-18(19-22-10-11-25(19)4)15-6-8-16(21)9-7-15/h6-12,17-18H,5H2,1-4H3,(H,23,27)/t17-,18+/m0/s1. The summed E-state index contributed by atoms with van der Waals surface area (Å²) in [4.78, 5) is 17.5. The van der Waals surface area contributed by atoms with Crippen molar-refractivity contribution in [1.82, 2.24) is 24.6 Å². The third kappa shape index (κ3) is 3.92. The van der Waals surface area contributed by atoms with Gasteiger partial charge >= 0.3 is 0 Å². The number of nitrogens with zero attached hydrogens (tertiary/aromatic N) is 4. The molecule has 0 spiro atoms. The zero-order chi connectivity index (χ0) is 19.6. The van der Waals surface area contributed by atoms with Gasteiger partial charge in [0.1, 0.15) is 23.7 Å². The molecule has 6 nitrogen and oxygen atoms in total. The Morgan fingerprint density at radius 1 is 1.26 bits per heavy atom. The minimum absolute atomic E-state index is 0.152. The maximum atomic E-state index is 13.4. The van der Waals surface area contributed by atoms with Crippen LogP contribution in [-0.2, 0) is 11.8 Å². The minimum atomic E-state index is -0.482. The van der Waals surface area contributed by atoms with E-state index in [-0.39, 0.29) is 11.7 Å². The fourth-order valence-electron chi connectivity index (χ4n) is 3.28. The number of halogens is 1. The lowest BCUT2D eigenvalue weighted by atomic mass is 10.0. The van der Waals surface area contributed by atoms with Gasteiger partial charge in [-0.2, -0.15) is 5.10 Å². The second kappa shape index (κ2) is 7.73. The molecule has 7 heteroatoms. The van der Waals surface area contributed by atoms with Crippen LogP contribution in [0, 0.1) is 19.7 Å². The zero-order valence-electron chi connectivity index (χ0n) is 16.0. The normalized spacial score (nSPS) is 13.4. The SMILES string of the molecule is CC[C@@H](C(=O)N[C@H](c1ccc(F)cc1)c1nccn1C)n1nc(C)cc1C. The highest BCUT2D eigenvalue weighted by atomic mass is 19.1. The van der Waals surface area contributed by atoms with Crippen LogP contribution in [0.5, 0.6) is 0 Å².